The molecule has 0 aromatic heterocycles. The summed E-state index contributed by atoms with van der Waals surface area (Å²) < 4.78 is 31.0. The van der Waals surface area contributed by atoms with Crippen LogP contribution in [-0.2, 0) is 21.2 Å². The van der Waals surface area contributed by atoms with Crippen LogP contribution < -0.4 is 14.4 Å². The molecule has 0 unspecified atom stereocenters. The van der Waals surface area contributed by atoms with Gasteiger partial charge in [-0.05, 0) is 37.0 Å². The third-order valence-corrected chi connectivity index (χ3v) is 6.25. The second-order valence-corrected chi connectivity index (χ2v) is 9.34. The maximum absolute atomic E-state index is 12.4. The molecule has 0 aliphatic heterocycles. The lowest BCUT2D eigenvalue weighted by Crippen LogP contribution is -2.33. The maximum Gasteiger partial charge on any atom is 0.271 e. The molecule has 1 atom stereocenters. The van der Waals surface area contributed by atoms with Gasteiger partial charge in [0.2, 0.25) is 15.9 Å². The molecule has 0 saturated carbocycles. The normalized spacial score (nSPS) is 12.1. The first kappa shape index (κ1) is 25.1. The van der Waals surface area contributed by atoms with Gasteiger partial charge in [0.05, 0.1) is 24.3 Å². The minimum Gasteiger partial charge on any atom is -0.495 e. The number of hydrogen-bond donors (Lipinski definition) is 1. The summed E-state index contributed by atoms with van der Waals surface area (Å²) in [5.41, 5.74) is 2.00. The standard InChI is InChI=1S/C22H29N3O6S/c1-5-17-8-10-18(11-9-17)16(2)23-22(26)7-6-14-24(32(4,29)30)20-15-19(25(27)28)12-13-21(20)31-3/h8-13,15-16H,5-7,14H2,1-4H3,(H,23,26)/t16-/m1/s1. The maximum atomic E-state index is 12.4. The fourth-order valence-electron chi connectivity index (χ4n) is 3.27. The molecule has 0 heterocycles. The number of ether oxygens (including phenoxy) is 1. The zero-order valence-electron chi connectivity index (χ0n) is 18.7. The molecule has 0 aliphatic carbocycles. The Bertz CT molecular complexity index is 1050. The topological polar surface area (TPSA) is 119 Å². The van der Waals surface area contributed by atoms with Crippen LogP contribution in [0.2, 0.25) is 0 Å². The number of nitrogens with one attached hydrogen (secondary N) is 1. The number of anilines is 1. The van der Waals surface area contributed by atoms with E-state index in [0.717, 1.165) is 28.6 Å². The van der Waals surface area contributed by atoms with Crippen molar-refractivity contribution in [2.75, 3.05) is 24.2 Å². The van der Waals surface area contributed by atoms with Crippen molar-refractivity contribution in [2.24, 2.45) is 0 Å². The van der Waals surface area contributed by atoms with Gasteiger partial charge in [0.1, 0.15) is 11.4 Å². The largest absolute Gasteiger partial charge is 0.495 e. The van der Waals surface area contributed by atoms with Crippen molar-refractivity contribution in [3.05, 3.63) is 63.7 Å². The SMILES string of the molecule is CCc1ccc([C@@H](C)NC(=O)CCCN(c2cc([N+](=O)[O-])ccc2OC)S(C)(=O)=O)cc1. The fourth-order valence-corrected chi connectivity index (χ4v) is 4.23. The van der Waals surface area contributed by atoms with Crippen molar-refractivity contribution in [1.29, 1.82) is 0 Å². The van der Waals surface area contributed by atoms with Crippen molar-refractivity contribution in [3.8, 4) is 5.75 Å². The van der Waals surface area contributed by atoms with Crippen LogP contribution in [0.3, 0.4) is 0 Å². The van der Waals surface area contributed by atoms with Gasteiger partial charge in [-0.25, -0.2) is 8.42 Å². The molecule has 0 spiro atoms. The van der Waals surface area contributed by atoms with E-state index in [2.05, 4.69) is 12.2 Å². The smallest absolute Gasteiger partial charge is 0.271 e. The Hall–Kier alpha value is -3.14. The number of nitro groups is 1. The molecule has 0 saturated heterocycles. The molecule has 0 radical (unpaired) electrons. The molecule has 9 nitrogen and oxygen atoms in total. The average Bonchev–Trinajstić information content (AvgIpc) is 2.75. The quantitative estimate of drug-likeness (QED) is 0.402. The zero-order valence-corrected chi connectivity index (χ0v) is 19.5. The summed E-state index contributed by atoms with van der Waals surface area (Å²) in [5, 5.41) is 14.0. The molecule has 32 heavy (non-hydrogen) atoms. The molecule has 0 aliphatic rings. The van der Waals surface area contributed by atoms with Crippen molar-refractivity contribution >= 4 is 27.3 Å². The van der Waals surface area contributed by atoms with Crippen LogP contribution in [0, 0.1) is 10.1 Å². The Morgan fingerprint density at radius 2 is 1.88 bits per heavy atom. The van der Waals surface area contributed by atoms with E-state index < -0.39 is 14.9 Å². The van der Waals surface area contributed by atoms with Crippen LogP contribution in [-0.4, -0.2) is 39.2 Å². The molecule has 1 amide bonds. The Labute approximate surface area is 188 Å². The third kappa shape index (κ3) is 6.68. The predicted octanol–water partition coefficient (Wildman–Crippen LogP) is 3.59. The molecule has 174 valence electrons. The van der Waals surface area contributed by atoms with Crippen LogP contribution in [0.15, 0.2) is 42.5 Å². The number of carbonyl (C=O) groups is 1. The molecule has 2 aromatic rings. The molecule has 0 bridgehead atoms. The first-order valence-electron chi connectivity index (χ1n) is 10.2. The van der Waals surface area contributed by atoms with Gasteiger partial charge in [0, 0.05) is 25.1 Å². The third-order valence-electron chi connectivity index (χ3n) is 5.07. The Kier molecular flexibility index (Phi) is 8.59. The number of benzene rings is 2. The van der Waals surface area contributed by atoms with Gasteiger partial charge in [-0.15, -0.1) is 0 Å². The van der Waals surface area contributed by atoms with E-state index in [4.69, 9.17) is 4.74 Å². The van der Waals surface area contributed by atoms with Gasteiger partial charge in [-0.3, -0.25) is 19.2 Å². The number of hydrogen-bond acceptors (Lipinski definition) is 6. The summed E-state index contributed by atoms with van der Waals surface area (Å²) in [5.74, 6) is -0.0221. The molecule has 2 aromatic carbocycles. The van der Waals surface area contributed by atoms with Gasteiger partial charge >= 0.3 is 0 Å². The Morgan fingerprint density at radius 3 is 2.41 bits per heavy atom. The highest BCUT2D eigenvalue weighted by Gasteiger charge is 2.24. The van der Waals surface area contributed by atoms with Crippen molar-refractivity contribution in [2.45, 2.75) is 39.2 Å². The molecule has 2 rings (SSSR count). The summed E-state index contributed by atoms with van der Waals surface area (Å²) in [6, 6.07) is 11.6. The minimum atomic E-state index is -3.76. The number of nitro benzene ring substituents is 1. The first-order valence-corrected chi connectivity index (χ1v) is 12.1. The molecular formula is C22H29N3O6S. The molecule has 0 fully saturated rings. The number of non-ortho nitro benzene ring substituents is 1. The predicted molar refractivity (Wildman–Crippen MR) is 123 cm³/mol. The zero-order chi connectivity index (χ0) is 23.9. The highest BCUT2D eigenvalue weighted by atomic mass is 32.2. The van der Waals surface area contributed by atoms with E-state index in [9.17, 15) is 23.3 Å². The number of amides is 1. The highest BCUT2D eigenvalue weighted by Crippen LogP contribution is 2.33. The summed E-state index contributed by atoms with van der Waals surface area (Å²) in [6.07, 6.45) is 2.27. The number of carbonyl (C=O) groups excluding carboxylic acids is 1. The van der Waals surface area contributed by atoms with Gasteiger partial charge in [-0.2, -0.15) is 0 Å². The summed E-state index contributed by atoms with van der Waals surface area (Å²) in [7, 11) is -2.41. The molecular weight excluding hydrogens is 434 g/mol. The van der Waals surface area contributed by atoms with Crippen LogP contribution in [0.1, 0.15) is 43.9 Å². The Balaban J connectivity index is 2.06. The molecule has 1 N–H and O–H groups in total. The first-order chi connectivity index (χ1) is 15.1. The number of rotatable bonds is 11. The average molecular weight is 464 g/mol. The van der Waals surface area contributed by atoms with Crippen LogP contribution in [0.5, 0.6) is 5.75 Å². The van der Waals surface area contributed by atoms with Crippen LogP contribution in [0.25, 0.3) is 0 Å². The number of sulfonamides is 1. The van der Waals surface area contributed by atoms with E-state index in [1.165, 1.54) is 24.8 Å². The van der Waals surface area contributed by atoms with Gasteiger partial charge < -0.3 is 10.1 Å². The van der Waals surface area contributed by atoms with Gasteiger partial charge in [-0.1, -0.05) is 31.2 Å². The summed E-state index contributed by atoms with van der Waals surface area (Å²) in [4.78, 5) is 22.9. The van der Waals surface area contributed by atoms with Crippen LogP contribution >= 0.6 is 0 Å². The number of aryl methyl sites for hydroxylation is 1. The van der Waals surface area contributed by atoms with Crippen molar-refractivity contribution in [1.82, 2.24) is 5.32 Å². The number of nitrogens with zero attached hydrogens (tertiary/aromatic N) is 2. The highest BCUT2D eigenvalue weighted by molar-refractivity contribution is 7.92. The van der Waals surface area contributed by atoms with Crippen LogP contribution in [0.4, 0.5) is 11.4 Å². The summed E-state index contributed by atoms with van der Waals surface area (Å²) >= 11 is 0. The van der Waals surface area contributed by atoms with Crippen molar-refractivity contribution in [3.63, 3.8) is 0 Å². The van der Waals surface area contributed by atoms with E-state index >= 15 is 0 Å². The minimum absolute atomic E-state index is 0.0244. The lowest BCUT2D eigenvalue weighted by atomic mass is 10.0. The lowest BCUT2D eigenvalue weighted by Gasteiger charge is -2.24. The Morgan fingerprint density at radius 1 is 1.22 bits per heavy atom. The fraction of sp³-hybridized carbons (Fsp3) is 0.409. The van der Waals surface area contributed by atoms with E-state index in [0.29, 0.717) is 0 Å². The van der Waals surface area contributed by atoms with Gasteiger partial charge in [0.15, 0.2) is 0 Å². The van der Waals surface area contributed by atoms with E-state index in [1.54, 1.807) is 0 Å². The monoisotopic (exact) mass is 463 g/mol. The molecule has 10 heteroatoms. The number of methoxy groups -OCH3 is 1. The van der Waals surface area contributed by atoms with E-state index in [1.807, 2.05) is 31.2 Å². The van der Waals surface area contributed by atoms with E-state index in [-0.39, 0.29) is 48.5 Å². The summed E-state index contributed by atoms with van der Waals surface area (Å²) in [6.45, 7) is 3.93. The second kappa shape index (κ2) is 10.9. The lowest BCUT2D eigenvalue weighted by molar-refractivity contribution is -0.384. The van der Waals surface area contributed by atoms with Gasteiger partial charge in [0.25, 0.3) is 5.69 Å². The van der Waals surface area contributed by atoms with Crippen molar-refractivity contribution < 1.29 is 22.9 Å². The second-order valence-electron chi connectivity index (χ2n) is 7.44.